The third-order valence-electron chi connectivity index (χ3n) is 5.63. The number of hydrogen-bond acceptors (Lipinski definition) is 3. The predicted molar refractivity (Wildman–Crippen MR) is 132 cm³/mol. The number of imidazole rings is 1. The lowest BCUT2D eigenvalue weighted by atomic mass is 9.94. The highest BCUT2D eigenvalue weighted by atomic mass is 35.5. The van der Waals surface area contributed by atoms with E-state index in [1.54, 1.807) is 7.11 Å². The number of methoxy groups -OCH3 is 1. The van der Waals surface area contributed by atoms with E-state index in [9.17, 15) is 4.79 Å². The molecule has 33 heavy (non-hydrogen) atoms. The number of halogens is 1. The molecule has 0 saturated heterocycles. The van der Waals surface area contributed by atoms with Gasteiger partial charge in [-0.1, -0.05) is 48.0 Å². The second kappa shape index (κ2) is 9.55. The summed E-state index contributed by atoms with van der Waals surface area (Å²) in [6.45, 7) is 3.91. The van der Waals surface area contributed by atoms with Crippen LogP contribution in [-0.4, -0.2) is 23.1 Å². The lowest BCUT2D eigenvalue weighted by Gasteiger charge is -2.28. The molecule has 1 heterocycles. The van der Waals surface area contributed by atoms with Gasteiger partial charge in [0.1, 0.15) is 11.6 Å². The number of carbonyl (C=O) groups excluding carboxylic acids is 1. The number of para-hydroxylation sites is 2. The van der Waals surface area contributed by atoms with Crippen LogP contribution in [-0.2, 0) is 12.0 Å². The number of aromatic nitrogens is 2. The highest BCUT2D eigenvalue weighted by molar-refractivity contribution is 6.30. The molecule has 7 heteroatoms. The maximum absolute atomic E-state index is 13.1. The number of carbonyl (C=O) groups is 1. The number of urea groups is 1. The molecule has 0 radical (unpaired) electrons. The number of fused-ring (bicyclic) bond motifs is 1. The molecule has 4 rings (SSSR count). The molecule has 4 aromatic rings. The Morgan fingerprint density at radius 2 is 1.76 bits per heavy atom. The number of amides is 2. The Morgan fingerprint density at radius 3 is 2.42 bits per heavy atom. The second-order valence-electron chi connectivity index (χ2n) is 8.47. The molecule has 0 aliphatic heterocycles. The normalized spacial score (nSPS) is 12.4. The SMILES string of the molecule is COc1ccc(C[C@@H](NC(=O)NC(C)(C)c2ccc(Cl)cc2)c2nc3ccccc3[nH]2)cc1. The standard InChI is InChI=1S/C26H27ClN4O2/c1-26(2,18-10-12-19(27)13-11-18)31-25(32)30-23(16-17-8-14-20(33-3)15-9-17)24-28-21-6-4-5-7-22(21)29-24/h4-15,23H,16H2,1-3H3,(H,28,29)(H2,30,31,32)/t23-/m1/s1. The maximum Gasteiger partial charge on any atom is 0.316 e. The largest absolute Gasteiger partial charge is 0.497 e. The average molecular weight is 463 g/mol. The molecular weight excluding hydrogens is 436 g/mol. The molecular formula is C26H27ClN4O2. The van der Waals surface area contributed by atoms with Gasteiger partial charge in [-0.15, -0.1) is 0 Å². The smallest absolute Gasteiger partial charge is 0.316 e. The minimum Gasteiger partial charge on any atom is -0.497 e. The number of rotatable bonds is 7. The molecule has 0 saturated carbocycles. The molecule has 0 aliphatic rings. The van der Waals surface area contributed by atoms with E-state index in [-0.39, 0.29) is 12.1 Å². The Kier molecular flexibility index (Phi) is 6.56. The van der Waals surface area contributed by atoms with E-state index in [4.69, 9.17) is 21.3 Å². The minimum atomic E-state index is -0.590. The number of benzene rings is 3. The van der Waals surface area contributed by atoms with Gasteiger partial charge in [0.2, 0.25) is 0 Å². The molecule has 6 nitrogen and oxygen atoms in total. The molecule has 0 spiro atoms. The number of hydrogen-bond donors (Lipinski definition) is 3. The third-order valence-corrected chi connectivity index (χ3v) is 5.89. The van der Waals surface area contributed by atoms with Gasteiger partial charge in [0.05, 0.1) is 29.7 Å². The number of H-pyrrole nitrogens is 1. The van der Waals surface area contributed by atoms with Gasteiger partial charge in [0.15, 0.2) is 0 Å². The van der Waals surface area contributed by atoms with E-state index in [1.807, 2.05) is 86.6 Å². The van der Waals surface area contributed by atoms with Crippen LogP contribution in [0.15, 0.2) is 72.8 Å². The highest BCUT2D eigenvalue weighted by Crippen LogP contribution is 2.24. The van der Waals surface area contributed by atoms with Gasteiger partial charge in [0.25, 0.3) is 0 Å². The first-order valence-electron chi connectivity index (χ1n) is 10.8. The van der Waals surface area contributed by atoms with Crippen molar-refractivity contribution in [3.63, 3.8) is 0 Å². The van der Waals surface area contributed by atoms with Crippen LogP contribution >= 0.6 is 11.6 Å². The Labute approximate surface area is 198 Å². The minimum absolute atomic E-state index is 0.283. The highest BCUT2D eigenvalue weighted by Gasteiger charge is 2.26. The van der Waals surface area contributed by atoms with Crippen LogP contribution in [0.1, 0.15) is 36.8 Å². The summed E-state index contributed by atoms with van der Waals surface area (Å²) in [5.74, 6) is 1.49. The van der Waals surface area contributed by atoms with Crippen LogP contribution in [0.2, 0.25) is 5.02 Å². The number of aromatic amines is 1. The van der Waals surface area contributed by atoms with Crippen molar-refractivity contribution >= 4 is 28.7 Å². The summed E-state index contributed by atoms with van der Waals surface area (Å²) in [6, 6.07) is 22.5. The first-order chi connectivity index (χ1) is 15.8. The number of nitrogens with one attached hydrogen (secondary N) is 3. The summed E-state index contributed by atoms with van der Waals surface area (Å²) in [4.78, 5) is 21.2. The monoisotopic (exact) mass is 462 g/mol. The molecule has 2 amide bonds. The van der Waals surface area contributed by atoms with Gasteiger partial charge >= 0.3 is 6.03 Å². The van der Waals surface area contributed by atoms with Crippen molar-refractivity contribution in [2.45, 2.75) is 31.8 Å². The molecule has 3 N–H and O–H groups in total. The zero-order valence-electron chi connectivity index (χ0n) is 18.9. The second-order valence-corrected chi connectivity index (χ2v) is 8.91. The Balaban J connectivity index is 1.56. The lowest BCUT2D eigenvalue weighted by molar-refractivity contribution is 0.225. The van der Waals surface area contributed by atoms with Crippen LogP contribution in [0.4, 0.5) is 4.79 Å². The van der Waals surface area contributed by atoms with Crippen molar-refractivity contribution in [1.82, 2.24) is 20.6 Å². The van der Waals surface area contributed by atoms with Crippen molar-refractivity contribution in [3.05, 3.63) is 94.8 Å². The molecule has 1 atom stereocenters. The Morgan fingerprint density at radius 1 is 1.06 bits per heavy atom. The summed E-state index contributed by atoms with van der Waals surface area (Å²) in [5.41, 5.74) is 3.20. The molecule has 0 bridgehead atoms. The molecule has 0 aliphatic carbocycles. The Bertz CT molecular complexity index is 1200. The lowest BCUT2D eigenvalue weighted by Crippen LogP contribution is -2.47. The quantitative estimate of drug-likeness (QED) is 0.327. The van der Waals surface area contributed by atoms with Crippen LogP contribution in [0.25, 0.3) is 11.0 Å². The molecule has 0 fully saturated rings. The van der Waals surface area contributed by atoms with E-state index >= 15 is 0 Å². The van der Waals surface area contributed by atoms with E-state index in [1.165, 1.54) is 0 Å². The zero-order valence-corrected chi connectivity index (χ0v) is 19.6. The van der Waals surface area contributed by atoms with Gasteiger partial charge in [-0.2, -0.15) is 0 Å². The number of ether oxygens (including phenoxy) is 1. The fourth-order valence-electron chi connectivity index (χ4n) is 3.77. The van der Waals surface area contributed by atoms with Gasteiger partial charge in [-0.25, -0.2) is 9.78 Å². The molecule has 3 aromatic carbocycles. The van der Waals surface area contributed by atoms with E-state index in [0.29, 0.717) is 17.3 Å². The molecule has 1 aromatic heterocycles. The van der Waals surface area contributed by atoms with E-state index < -0.39 is 5.54 Å². The maximum atomic E-state index is 13.1. The predicted octanol–water partition coefficient (Wildman–Crippen LogP) is 5.74. The first-order valence-corrected chi connectivity index (χ1v) is 11.1. The fourth-order valence-corrected chi connectivity index (χ4v) is 3.89. The van der Waals surface area contributed by atoms with Crippen molar-refractivity contribution in [1.29, 1.82) is 0 Å². The van der Waals surface area contributed by atoms with Crippen LogP contribution < -0.4 is 15.4 Å². The first kappa shape index (κ1) is 22.7. The van der Waals surface area contributed by atoms with E-state index in [2.05, 4.69) is 15.6 Å². The summed E-state index contributed by atoms with van der Waals surface area (Å²) in [5, 5.41) is 6.84. The van der Waals surface area contributed by atoms with Gasteiger partial charge in [-0.05, 0) is 67.8 Å². The van der Waals surface area contributed by atoms with Crippen molar-refractivity contribution < 1.29 is 9.53 Å². The van der Waals surface area contributed by atoms with Crippen molar-refractivity contribution in [3.8, 4) is 5.75 Å². The molecule has 0 unspecified atom stereocenters. The third kappa shape index (κ3) is 5.46. The van der Waals surface area contributed by atoms with Gasteiger partial charge < -0.3 is 20.4 Å². The summed E-state index contributed by atoms with van der Waals surface area (Å²) in [7, 11) is 1.64. The van der Waals surface area contributed by atoms with Crippen molar-refractivity contribution in [2.75, 3.05) is 7.11 Å². The summed E-state index contributed by atoms with van der Waals surface area (Å²) < 4.78 is 5.26. The Hall–Kier alpha value is -3.51. The fraction of sp³-hybridized carbons (Fsp3) is 0.231. The molecule has 170 valence electrons. The van der Waals surface area contributed by atoms with Crippen LogP contribution in [0.3, 0.4) is 0 Å². The van der Waals surface area contributed by atoms with Gasteiger partial charge in [0, 0.05) is 5.02 Å². The zero-order chi connectivity index (χ0) is 23.4. The van der Waals surface area contributed by atoms with E-state index in [0.717, 1.165) is 27.9 Å². The van der Waals surface area contributed by atoms with Crippen LogP contribution in [0, 0.1) is 0 Å². The van der Waals surface area contributed by atoms with Crippen molar-refractivity contribution in [2.24, 2.45) is 0 Å². The summed E-state index contributed by atoms with van der Waals surface area (Å²) >= 11 is 6.02. The van der Waals surface area contributed by atoms with Crippen LogP contribution in [0.5, 0.6) is 5.75 Å². The summed E-state index contributed by atoms with van der Waals surface area (Å²) in [6.07, 6.45) is 0.568. The topological polar surface area (TPSA) is 79.0 Å². The number of nitrogens with zero attached hydrogens (tertiary/aromatic N) is 1. The average Bonchev–Trinajstić information content (AvgIpc) is 3.23. The van der Waals surface area contributed by atoms with Gasteiger partial charge in [-0.3, -0.25) is 0 Å².